The topological polar surface area (TPSA) is 153 Å². The van der Waals surface area contributed by atoms with Gasteiger partial charge in [-0.15, -0.1) is 0 Å². The molecular weight excluding hydrogens is 558 g/mol. The monoisotopic (exact) mass is 582 g/mol. The fraction of sp³-hybridized carbons (Fsp3) is 0.0690. The Bertz CT molecular complexity index is 1820. The van der Waals surface area contributed by atoms with E-state index in [1.54, 1.807) is 84.9 Å². The molecule has 5 rings (SSSR count). The molecule has 0 saturated carbocycles. The van der Waals surface area contributed by atoms with Gasteiger partial charge in [-0.2, -0.15) is 0 Å². The highest BCUT2D eigenvalue weighted by molar-refractivity contribution is 7.81. The fourth-order valence-electron chi connectivity index (χ4n) is 3.95. The van der Waals surface area contributed by atoms with Gasteiger partial charge in [0.1, 0.15) is 11.5 Å². The van der Waals surface area contributed by atoms with E-state index in [1.807, 2.05) is 6.07 Å². The summed E-state index contributed by atoms with van der Waals surface area (Å²) in [4.78, 5) is 25.2. The van der Waals surface area contributed by atoms with Gasteiger partial charge in [0.15, 0.2) is 22.4 Å². The minimum Gasteiger partial charge on any atom is -0.497 e. The summed E-state index contributed by atoms with van der Waals surface area (Å²) in [5.41, 5.74) is 2.54. The largest absolute Gasteiger partial charge is 0.497 e. The van der Waals surface area contributed by atoms with Crippen molar-refractivity contribution in [3.8, 4) is 11.5 Å². The maximum Gasteiger partial charge on any atom is 0.360 e. The van der Waals surface area contributed by atoms with E-state index in [0.717, 1.165) is 4.31 Å². The summed E-state index contributed by atoms with van der Waals surface area (Å²) in [6, 6.07) is 27.1. The van der Waals surface area contributed by atoms with Gasteiger partial charge in [-0.25, -0.2) is 18.5 Å². The Morgan fingerprint density at radius 1 is 0.881 bits per heavy atom. The second-order valence-corrected chi connectivity index (χ2v) is 9.44. The van der Waals surface area contributed by atoms with Crippen LogP contribution in [0.3, 0.4) is 0 Å². The number of nitrogens with one attached hydrogen (secondary N) is 1. The first-order valence-electron chi connectivity index (χ1n) is 12.4. The minimum absolute atomic E-state index is 0.0642. The summed E-state index contributed by atoms with van der Waals surface area (Å²) in [5, 5.41) is 10.8. The smallest absolute Gasteiger partial charge is 0.360 e. The maximum absolute atomic E-state index is 12.8. The summed E-state index contributed by atoms with van der Waals surface area (Å²) < 4.78 is 35.1. The third-order valence-electron chi connectivity index (χ3n) is 5.90. The summed E-state index contributed by atoms with van der Waals surface area (Å²) >= 11 is -2.58. The lowest BCUT2D eigenvalue weighted by atomic mass is 10.2. The Hall–Kier alpha value is -5.49. The van der Waals surface area contributed by atoms with Gasteiger partial charge < -0.3 is 14.8 Å². The summed E-state index contributed by atoms with van der Waals surface area (Å²) in [5.74, 6) is 0.772. The van der Waals surface area contributed by atoms with Crippen LogP contribution in [-0.2, 0) is 11.3 Å². The number of benzene rings is 4. The standard InChI is InChI=1S/C29H23N7O5S/c1-40-23-16-21(17-24(18-23)41-2)30-27-28(32-26-14-7-6-13-25(26)31-27)36(42(38)39)22-12-8-11-20(15-22)33-35-34-29(37)19-9-4-3-5-10-19/h3-18H,1-2H3,(H-,30,31,38,39)/p+1. The van der Waals surface area contributed by atoms with Crippen LogP contribution in [0.15, 0.2) is 107 Å². The maximum atomic E-state index is 12.8. The van der Waals surface area contributed by atoms with Crippen molar-refractivity contribution >= 4 is 56.9 Å². The van der Waals surface area contributed by atoms with Crippen molar-refractivity contribution < 1.29 is 23.0 Å². The van der Waals surface area contributed by atoms with Crippen molar-refractivity contribution in [3.63, 3.8) is 0 Å². The lowest BCUT2D eigenvalue weighted by molar-refractivity contribution is 0.0992. The number of carbonyl (C=O) groups excluding carboxylic acids is 1. The molecule has 5 aromatic rings. The molecule has 0 spiro atoms. The lowest BCUT2D eigenvalue weighted by Gasteiger charge is -2.22. The Kier molecular flexibility index (Phi) is 8.54. The number of carbonyl (C=O) groups is 1. The van der Waals surface area contributed by atoms with Crippen LogP contribution in [0, 0.1) is 0 Å². The summed E-state index contributed by atoms with van der Waals surface area (Å²) in [6.07, 6.45) is 0. The van der Waals surface area contributed by atoms with E-state index < -0.39 is 17.2 Å². The van der Waals surface area contributed by atoms with Gasteiger partial charge in [-0.1, -0.05) is 36.4 Å². The molecule has 4 aromatic carbocycles. The number of anilines is 4. The normalized spacial score (nSPS) is 11.2. The number of hydrogen-bond acceptors (Lipinski definition) is 8. The van der Waals surface area contributed by atoms with E-state index in [0.29, 0.717) is 33.8 Å². The molecule has 0 aliphatic rings. The van der Waals surface area contributed by atoms with Crippen molar-refractivity contribution in [3.05, 3.63) is 103 Å². The second kappa shape index (κ2) is 12.8. The van der Waals surface area contributed by atoms with Gasteiger partial charge in [0.05, 0.1) is 30.9 Å². The molecule has 2 N–H and O–H groups in total. The Labute approximate surface area is 242 Å². The lowest BCUT2D eigenvalue weighted by Crippen LogP contribution is -2.22. The molecule has 210 valence electrons. The Morgan fingerprint density at radius 2 is 1.55 bits per heavy atom. The number of methoxy groups -OCH3 is 2. The SMILES string of the molecule is COc1cc(Nc2nc3ccccc3nc2N(c2cccc(N=[N+]=NC(=O)c3ccccc3)c2)S(=O)O)cc(OC)c1. The first-order valence-corrected chi connectivity index (χ1v) is 13.5. The van der Waals surface area contributed by atoms with Crippen molar-refractivity contribution in [1.29, 1.82) is 0 Å². The third kappa shape index (κ3) is 6.45. The van der Waals surface area contributed by atoms with Gasteiger partial charge in [0.2, 0.25) is 10.0 Å². The summed E-state index contributed by atoms with van der Waals surface area (Å²) in [7, 11) is 3.07. The van der Waals surface area contributed by atoms with Crippen LogP contribution in [0.4, 0.5) is 28.7 Å². The van der Waals surface area contributed by atoms with E-state index in [-0.39, 0.29) is 23.0 Å². The van der Waals surface area contributed by atoms with Gasteiger partial charge in [-0.05, 0) is 42.5 Å². The molecule has 1 heterocycles. The zero-order chi connectivity index (χ0) is 29.5. The van der Waals surface area contributed by atoms with Crippen LogP contribution in [0.1, 0.15) is 10.4 Å². The van der Waals surface area contributed by atoms with E-state index in [4.69, 9.17) is 14.5 Å². The molecule has 1 aromatic heterocycles. The molecule has 13 heteroatoms. The van der Waals surface area contributed by atoms with Crippen molar-refractivity contribution in [2.24, 2.45) is 10.2 Å². The molecule has 12 nitrogen and oxygen atoms in total. The van der Waals surface area contributed by atoms with E-state index in [2.05, 4.69) is 25.4 Å². The highest BCUT2D eigenvalue weighted by atomic mass is 32.2. The van der Waals surface area contributed by atoms with Crippen LogP contribution in [0.2, 0.25) is 0 Å². The number of amides is 1. The second-order valence-electron chi connectivity index (χ2n) is 8.62. The number of nitrogens with zero attached hydrogens (tertiary/aromatic N) is 6. The molecular formula is C29H24N7O5S+. The number of ether oxygens (including phenoxy) is 2. The first-order chi connectivity index (χ1) is 20.4. The summed E-state index contributed by atoms with van der Waals surface area (Å²) in [6.45, 7) is 0. The predicted molar refractivity (Wildman–Crippen MR) is 159 cm³/mol. The molecule has 1 amide bonds. The fourth-order valence-corrected chi connectivity index (χ4v) is 4.52. The zero-order valence-corrected chi connectivity index (χ0v) is 23.2. The van der Waals surface area contributed by atoms with Crippen LogP contribution in [0.25, 0.3) is 11.0 Å². The average Bonchev–Trinajstić information content (AvgIpc) is 3.01. The highest BCUT2D eigenvalue weighted by Gasteiger charge is 2.24. The molecule has 0 fully saturated rings. The van der Waals surface area contributed by atoms with Gasteiger partial charge >= 0.3 is 5.91 Å². The van der Waals surface area contributed by atoms with Gasteiger partial charge in [0, 0.05) is 29.4 Å². The molecule has 1 unspecified atom stereocenters. The number of para-hydroxylation sites is 2. The van der Waals surface area contributed by atoms with Crippen LogP contribution < -0.4 is 24.0 Å². The van der Waals surface area contributed by atoms with E-state index >= 15 is 0 Å². The number of fused-ring (bicyclic) bond motifs is 1. The predicted octanol–water partition coefficient (Wildman–Crippen LogP) is 6.11. The molecule has 0 aliphatic carbocycles. The first kappa shape index (κ1) is 28.1. The van der Waals surface area contributed by atoms with Crippen LogP contribution in [0.5, 0.6) is 11.5 Å². The Balaban J connectivity index is 1.55. The zero-order valence-electron chi connectivity index (χ0n) is 22.4. The van der Waals surface area contributed by atoms with Crippen LogP contribution in [-0.4, -0.2) is 38.9 Å². The van der Waals surface area contributed by atoms with Crippen molar-refractivity contribution in [1.82, 2.24) is 14.9 Å². The van der Waals surface area contributed by atoms with Crippen molar-refractivity contribution in [2.45, 2.75) is 0 Å². The third-order valence-corrected chi connectivity index (χ3v) is 6.59. The number of hydrogen-bond donors (Lipinski definition) is 2. The molecule has 0 bridgehead atoms. The average molecular weight is 583 g/mol. The molecule has 1 atom stereocenters. The van der Waals surface area contributed by atoms with Gasteiger partial charge in [-0.3, -0.25) is 9.35 Å². The minimum atomic E-state index is -2.58. The number of aromatic nitrogens is 2. The highest BCUT2D eigenvalue weighted by Crippen LogP contribution is 2.36. The van der Waals surface area contributed by atoms with Crippen molar-refractivity contribution in [2.75, 3.05) is 23.8 Å². The van der Waals surface area contributed by atoms with E-state index in [9.17, 15) is 13.6 Å². The Morgan fingerprint density at radius 3 is 2.21 bits per heavy atom. The molecule has 42 heavy (non-hydrogen) atoms. The molecule has 0 saturated heterocycles. The van der Waals surface area contributed by atoms with E-state index in [1.165, 1.54) is 20.3 Å². The van der Waals surface area contributed by atoms with Crippen LogP contribution >= 0.6 is 0 Å². The van der Waals surface area contributed by atoms with Gasteiger partial charge in [0.25, 0.3) is 11.3 Å². The quantitative estimate of drug-likeness (QED) is 0.120. The molecule has 0 aliphatic heterocycles. The molecule has 0 radical (unpaired) electrons. The number of rotatable bonds is 9.